The highest BCUT2D eigenvalue weighted by Crippen LogP contribution is 2.16. The van der Waals surface area contributed by atoms with Crippen LogP contribution in [0.25, 0.3) is 0 Å². The molecule has 64 valence electrons. The minimum absolute atomic E-state index is 0.106. The predicted octanol–water partition coefficient (Wildman–Crippen LogP) is 0.828. The van der Waals surface area contributed by atoms with Crippen LogP contribution in [0.2, 0.25) is 0 Å². The van der Waals surface area contributed by atoms with Gasteiger partial charge >= 0.3 is 5.97 Å². The van der Waals surface area contributed by atoms with Gasteiger partial charge in [0, 0.05) is 0 Å². The molecule has 1 heterocycles. The summed E-state index contributed by atoms with van der Waals surface area (Å²) in [4.78, 5) is 14.3. The number of carboxylic acid groups (broad SMARTS) is 1. The number of nitrogens with two attached hydrogens (primary N) is 1. The standard InChI is InChI=1S/C6H6BrN3O2/c7-5-3(6(11)12)1-2-4(9-5)10-8/h1-2H,8H2,(H,9,10)(H,11,12). The highest BCUT2D eigenvalue weighted by atomic mass is 79.9. The summed E-state index contributed by atoms with van der Waals surface area (Å²) in [7, 11) is 0. The number of hydrogen-bond acceptors (Lipinski definition) is 4. The van der Waals surface area contributed by atoms with Gasteiger partial charge in [0.2, 0.25) is 0 Å². The van der Waals surface area contributed by atoms with Crippen molar-refractivity contribution in [1.29, 1.82) is 0 Å². The fourth-order valence-corrected chi connectivity index (χ4v) is 1.17. The summed E-state index contributed by atoms with van der Waals surface area (Å²) in [5.74, 6) is 4.44. The van der Waals surface area contributed by atoms with Crippen molar-refractivity contribution in [2.24, 2.45) is 5.84 Å². The summed E-state index contributed by atoms with van der Waals surface area (Å²) in [6.45, 7) is 0. The molecular weight excluding hydrogens is 226 g/mol. The molecule has 5 nitrogen and oxygen atoms in total. The van der Waals surface area contributed by atoms with Gasteiger partial charge in [-0.25, -0.2) is 15.6 Å². The van der Waals surface area contributed by atoms with Gasteiger partial charge in [0.25, 0.3) is 0 Å². The van der Waals surface area contributed by atoms with Gasteiger partial charge in [0.15, 0.2) is 0 Å². The highest BCUT2D eigenvalue weighted by molar-refractivity contribution is 9.10. The van der Waals surface area contributed by atoms with Crippen molar-refractivity contribution in [2.45, 2.75) is 0 Å². The minimum atomic E-state index is -1.03. The lowest BCUT2D eigenvalue weighted by Crippen LogP contribution is -2.09. The third-order valence-electron chi connectivity index (χ3n) is 1.23. The number of halogens is 1. The molecule has 0 aliphatic carbocycles. The second kappa shape index (κ2) is 3.51. The van der Waals surface area contributed by atoms with Gasteiger partial charge in [-0.05, 0) is 28.1 Å². The van der Waals surface area contributed by atoms with Gasteiger partial charge in [-0.2, -0.15) is 0 Å². The third kappa shape index (κ3) is 1.72. The van der Waals surface area contributed by atoms with Crippen LogP contribution in [0.5, 0.6) is 0 Å². The average Bonchev–Trinajstić information content (AvgIpc) is 2.03. The molecule has 1 rings (SSSR count). The Morgan fingerprint density at radius 3 is 2.75 bits per heavy atom. The van der Waals surface area contributed by atoms with E-state index in [1.165, 1.54) is 12.1 Å². The van der Waals surface area contributed by atoms with Crippen LogP contribution in [0, 0.1) is 0 Å². The van der Waals surface area contributed by atoms with E-state index in [0.717, 1.165) is 0 Å². The number of carboxylic acids is 1. The molecule has 0 saturated heterocycles. The lowest BCUT2D eigenvalue weighted by atomic mass is 10.3. The van der Waals surface area contributed by atoms with Crippen LogP contribution in [0.1, 0.15) is 10.4 Å². The first-order valence-electron chi connectivity index (χ1n) is 3.01. The third-order valence-corrected chi connectivity index (χ3v) is 1.83. The van der Waals surface area contributed by atoms with E-state index < -0.39 is 5.97 Å². The number of nitrogens with zero attached hydrogens (tertiary/aromatic N) is 1. The Morgan fingerprint density at radius 2 is 2.33 bits per heavy atom. The first kappa shape index (κ1) is 8.95. The quantitative estimate of drug-likeness (QED) is 0.399. The van der Waals surface area contributed by atoms with Gasteiger partial charge in [0.1, 0.15) is 10.4 Å². The number of carbonyl (C=O) groups is 1. The largest absolute Gasteiger partial charge is 0.478 e. The zero-order valence-electron chi connectivity index (χ0n) is 5.91. The van der Waals surface area contributed by atoms with Gasteiger partial charge in [-0.3, -0.25) is 0 Å². The van der Waals surface area contributed by atoms with Crippen molar-refractivity contribution < 1.29 is 9.90 Å². The number of hydrazine groups is 1. The second-order valence-electron chi connectivity index (χ2n) is 1.98. The lowest BCUT2D eigenvalue weighted by Gasteiger charge is -2.01. The Labute approximate surface area is 76.7 Å². The molecule has 0 aromatic carbocycles. The molecule has 0 bridgehead atoms. The molecule has 0 atom stereocenters. The van der Waals surface area contributed by atoms with E-state index in [1.54, 1.807) is 0 Å². The topological polar surface area (TPSA) is 88.2 Å². The van der Waals surface area contributed by atoms with Crippen LogP contribution in [0.4, 0.5) is 5.82 Å². The molecule has 0 aliphatic rings. The van der Waals surface area contributed by atoms with Crippen molar-refractivity contribution in [1.82, 2.24) is 4.98 Å². The highest BCUT2D eigenvalue weighted by Gasteiger charge is 2.08. The maximum absolute atomic E-state index is 10.5. The molecule has 0 fully saturated rings. The van der Waals surface area contributed by atoms with E-state index in [9.17, 15) is 4.79 Å². The molecule has 1 aromatic heterocycles. The zero-order chi connectivity index (χ0) is 9.14. The summed E-state index contributed by atoms with van der Waals surface area (Å²) in [5, 5.41) is 8.61. The number of aromatic nitrogens is 1. The molecular formula is C6H6BrN3O2. The molecule has 6 heteroatoms. The molecule has 1 aromatic rings. The van der Waals surface area contributed by atoms with E-state index in [1.807, 2.05) is 0 Å². The first-order valence-corrected chi connectivity index (χ1v) is 3.81. The molecule has 0 amide bonds. The zero-order valence-corrected chi connectivity index (χ0v) is 7.50. The molecule has 0 spiro atoms. The maximum Gasteiger partial charge on any atom is 0.338 e. The average molecular weight is 232 g/mol. The number of anilines is 1. The second-order valence-corrected chi connectivity index (χ2v) is 2.74. The molecule has 12 heavy (non-hydrogen) atoms. The maximum atomic E-state index is 10.5. The van der Waals surface area contributed by atoms with Crippen molar-refractivity contribution in [3.8, 4) is 0 Å². The van der Waals surface area contributed by atoms with E-state index in [-0.39, 0.29) is 10.2 Å². The van der Waals surface area contributed by atoms with Crippen LogP contribution in [-0.4, -0.2) is 16.1 Å². The van der Waals surface area contributed by atoms with Gasteiger partial charge < -0.3 is 10.5 Å². The number of nitrogens with one attached hydrogen (secondary N) is 1. The number of hydrogen-bond donors (Lipinski definition) is 3. The fourth-order valence-electron chi connectivity index (χ4n) is 0.674. The predicted molar refractivity (Wildman–Crippen MR) is 46.7 cm³/mol. The summed E-state index contributed by atoms with van der Waals surface area (Å²) in [6.07, 6.45) is 0. The summed E-state index contributed by atoms with van der Waals surface area (Å²) in [6, 6.07) is 2.89. The van der Waals surface area contributed by atoms with Crippen LogP contribution >= 0.6 is 15.9 Å². The van der Waals surface area contributed by atoms with Crippen molar-refractivity contribution in [3.63, 3.8) is 0 Å². The summed E-state index contributed by atoms with van der Waals surface area (Å²) in [5.41, 5.74) is 2.41. The Bertz CT molecular complexity index is 316. The monoisotopic (exact) mass is 231 g/mol. The van der Waals surface area contributed by atoms with Gasteiger partial charge in [0.05, 0.1) is 5.56 Å². The minimum Gasteiger partial charge on any atom is -0.478 e. The Kier molecular flexibility index (Phi) is 2.61. The van der Waals surface area contributed by atoms with Crippen LogP contribution in [0.15, 0.2) is 16.7 Å². The fraction of sp³-hybridized carbons (Fsp3) is 0. The van der Waals surface area contributed by atoms with E-state index in [4.69, 9.17) is 10.9 Å². The van der Waals surface area contributed by atoms with Crippen LogP contribution < -0.4 is 11.3 Å². The molecule has 0 aliphatic heterocycles. The van der Waals surface area contributed by atoms with Crippen LogP contribution in [0.3, 0.4) is 0 Å². The summed E-state index contributed by atoms with van der Waals surface area (Å²) >= 11 is 3.00. The number of pyridine rings is 1. The van der Waals surface area contributed by atoms with E-state index >= 15 is 0 Å². The Morgan fingerprint density at radius 1 is 1.67 bits per heavy atom. The Balaban J connectivity index is 3.12. The molecule has 4 N–H and O–H groups in total. The van der Waals surface area contributed by atoms with Gasteiger partial charge in [-0.1, -0.05) is 0 Å². The van der Waals surface area contributed by atoms with Crippen molar-refractivity contribution >= 4 is 27.7 Å². The van der Waals surface area contributed by atoms with E-state index in [2.05, 4.69) is 26.3 Å². The SMILES string of the molecule is NNc1ccc(C(=O)O)c(Br)n1. The number of rotatable bonds is 2. The molecule has 0 saturated carbocycles. The first-order chi connectivity index (χ1) is 5.65. The number of aromatic carboxylic acids is 1. The van der Waals surface area contributed by atoms with Crippen molar-refractivity contribution in [2.75, 3.05) is 5.43 Å². The van der Waals surface area contributed by atoms with Crippen molar-refractivity contribution in [3.05, 3.63) is 22.3 Å². The normalized spacial score (nSPS) is 9.50. The molecule has 0 radical (unpaired) electrons. The van der Waals surface area contributed by atoms with E-state index in [0.29, 0.717) is 5.82 Å². The molecule has 0 unspecified atom stereocenters. The smallest absolute Gasteiger partial charge is 0.338 e. The van der Waals surface area contributed by atoms with Crippen LogP contribution in [-0.2, 0) is 0 Å². The number of nitrogen functional groups attached to an aromatic ring is 1. The van der Waals surface area contributed by atoms with Gasteiger partial charge in [-0.15, -0.1) is 0 Å². The Hall–Kier alpha value is -1.14. The summed E-state index contributed by atoms with van der Waals surface area (Å²) < 4.78 is 0.255. The lowest BCUT2D eigenvalue weighted by molar-refractivity contribution is 0.0695.